The van der Waals surface area contributed by atoms with Gasteiger partial charge in [0.25, 0.3) is 0 Å². The number of hydrogen-bond donors (Lipinski definition) is 5. The van der Waals surface area contributed by atoms with E-state index in [2.05, 4.69) is 26.6 Å². The molecule has 9 heteroatoms. The van der Waals surface area contributed by atoms with Gasteiger partial charge in [-0.3, -0.25) is 0 Å². The highest BCUT2D eigenvalue weighted by Gasteiger charge is 2.06. The van der Waals surface area contributed by atoms with Crippen molar-refractivity contribution < 1.29 is 10.2 Å². The van der Waals surface area contributed by atoms with E-state index >= 15 is 0 Å². The molecule has 0 aliphatic rings. The minimum atomic E-state index is -0.0425. The number of benzene rings is 3. The summed E-state index contributed by atoms with van der Waals surface area (Å²) in [6, 6.07) is 20.3. The van der Waals surface area contributed by atoms with Crippen molar-refractivity contribution >= 4 is 50.3 Å². The van der Waals surface area contributed by atoms with E-state index in [1.54, 1.807) is 18.2 Å². The summed E-state index contributed by atoms with van der Waals surface area (Å²) in [5, 5.41) is 42.1. The SMILES string of the molecule is N#Cc1ccc(N)c(O)c1.N#Cc1ccc(NC(=S)Nc2ccccc2Br)c(O)c1. The van der Waals surface area contributed by atoms with E-state index in [9.17, 15) is 5.11 Å². The highest BCUT2D eigenvalue weighted by molar-refractivity contribution is 9.10. The number of nitrogens with zero attached hydrogens (tertiary/aromatic N) is 2. The van der Waals surface area contributed by atoms with Crippen molar-refractivity contribution in [1.29, 1.82) is 10.5 Å². The minimum Gasteiger partial charge on any atom is -0.506 e. The Kier molecular flexibility index (Phi) is 8.00. The summed E-state index contributed by atoms with van der Waals surface area (Å²) in [5.74, 6) is -0.0700. The van der Waals surface area contributed by atoms with Crippen LogP contribution in [0.25, 0.3) is 0 Å². The van der Waals surface area contributed by atoms with Gasteiger partial charge < -0.3 is 26.6 Å². The number of phenolic OH excluding ortho intramolecular Hbond substituents is 2. The number of anilines is 3. The van der Waals surface area contributed by atoms with Gasteiger partial charge in [-0.15, -0.1) is 0 Å². The first-order valence-electron chi connectivity index (χ1n) is 8.38. The van der Waals surface area contributed by atoms with Gasteiger partial charge in [0.15, 0.2) is 5.11 Å². The highest BCUT2D eigenvalue weighted by atomic mass is 79.9. The van der Waals surface area contributed by atoms with Crippen LogP contribution >= 0.6 is 28.1 Å². The largest absolute Gasteiger partial charge is 0.506 e. The first kappa shape index (κ1) is 22.5. The molecule has 0 spiro atoms. The Labute approximate surface area is 187 Å². The number of aromatic hydroxyl groups is 2. The monoisotopic (exact) mass is 481 g/mol. The molecule has 0 heterocycles. The molecule has 0 aliphatic carbocycles. The third-order valence-electron chi connectivity index (χ3n) is 3.66. The van der Waals surface area contributed by atoms with Crippen molar-refractivity contribution in [3.05, 3.63) is 76.3 Å². The van der Waals surface area contributed by atoms with Crippen LogP contribution in [-0.2, 0) is 0 Å². The molecule has 0 saturated carbocycles. The summed E-state index contributed by atoms with van der Waals surface area (Å²) in [5.41, 5.74) is 7.63. The number of nitrogens with one attached hydrogen (secondary N) is 2. The Morgan fingerprint density at radius 2 is 1.43 bits per heavy atom. The Hall–Kier alpha value is -3.79. The molecule has 30 heavy (non-hydrogen) atoms. The number of thiocarbonyl (C=S) groups is 1. The second-order valence-electron chi connectivity index (χ2n) is 5.79. The van der Waals surface area contributed by atoms with Crippen molar-refractivity contribution in [2.45, 2.75) is 0 Å². The number of nitrogens with two attached hydrogens (primary N) is 1. The van der Waals surface area contributed by atoms with E-state index in [0.29, 0.717) is 27.6 Å². The molecule has 0 amide bonds. The molecular weight excluding hydrogens is 466 g/mol. The molecule has 0 aliphatic heterocycles. The maximum absolute atomic E-state index is 9.78. The first-order valence-corrected chi connectivity index (χ1v) is 9.58. The smallest absolute Gasteiger partial charge is 0.175 e. The standard InChI is InChI=1S/C14H10BrN3OS.C7H6N2O/c15-10-3-1-2-4-11(10)17-14(20)18-12-6-5-9(8-16)7-13(12)19;8-4-5-1-2-6(9)7(10)3-5/h1-7,19H,(H2,17,18,20);1-3,10H,9H2. The lowest BCUT2D eigenvalue weighted by Crippen LogP contribution is -2.19. The van der Waals surface area contributed by atoms with Crippen LogP contribution in [0.15, 0.2) is 65.1 Å². The van der Waals surface area contributed by atoms with Crippen molar-refractivity contribution in [1.82, 2.24) is 0 Å². The molecule has 3 aromatic rings. The van der Waals surface area contributed by atoms with Crippen LogP contribution in [0.2, 0.25) is 0 Å². The molecule has 0 saturated heterocycles. The molecule has 3 aromatic carbocycles. The van der Waals surface area contributed by atoms with Gasteiger partial charge >= 0.3 is 0 Å². The van der Waals surface area contributed by atoms with Gasteiger partial charge in [0.1, 0.15) is 11.5 Å². The molecule has 0 atom stereocenters. The molecule has 150 valence electrons. The number of rotatable bonds is 2. The lowest BCUT2D eigenvalue weighted by Gasteiger charge is -2.12. The fourth-order valence-electron chi connectivity index (χ4n) is 2.16. The number of hydrogen-bond acceptors (Lipinski definition) is 6. The Morgan fingerprint density at radius 1 is 0.867 bits per heavy atom. The van der Waals surface area contributed by atoms with Gasteiger partial charge in [0.2, 0.25) is 0 Å². The quantitative estimate of drug-likeness (QED) is 0.202. The molecule has 0 fully saturated rings. The van der Waals surface area contributed by atoms with Gasteiger partial charge in [-0.2, -0.15) is 10.5 Å². The zero-order valence-corrected chi connectivity index (χ0v) is 17.8. The molecule has 6 N–H and O–H groups in total. The fraction of sp³-hybridized carbons (Fsp3) is 0. The summed E-state index contributed by atoms with van der Waals surface area (Å²) in [4.78, 5) is 0. The maximum atomic E-state index is 9.78. The van der Waals surface area contributed by atoms with Gasteiger partial charge in [-0.1, -0.05) is 12.1 Å². The van der Waals surface area contributed by atoms with E-state index in [-0.39, 0.29) is 11.5 Å². The molecule has 0 radical (unpaired) electrons. The van der Waals surface area contributed by atoms with Gasteiger partial charge in [0, 0.05) is 4.47 Å². The lowest BCUT2D eigenvalue weighted by atomic mass is 10.2. The molecule has 0 aromatic heterocycles. The van der Waals surface area contributed by atoms with Crippen molar-refractivity contribution in [3.63, 3.8) is 0 Å². The molecular formula is C21H16BrN5O2S. The number of nitrogen functional groups attached to an aromatic ring is 1. The van der Waals surface area contributed by atoms with Crippen molar-refractivity contribution in [2.24, 2.45) is 0 Å². The van der Waals surface area contributed by atoms with Crippen LogP contribution < -0.4 is 16.4 Å². The third-order valence-corrected chi connectivity index (χ3v) is 4.55. The average Bonchev–Trinajstić information content (AvgIpc) is 2.73. The molecule has 7 nitrogen and oxygen atoms in total. The van der Waals surface area contributed by atoms with Crippen LogP contribution in [-0.4, -0.2) is 15.3 Å². The zero-order chi connectivity index (χ0) is 22.1. The summed E-state index contributed by atoms with van der Waals surface area (Å²) in [6.07, 6.45) is 0. The predicted octanol–water partition coefficient (Wildman–Crippen LogP) is 4.68. The Bertz CT molecular complexity index is 1150. The van der Waals surface area contributed by atoms with E-state index in [1.807, 2.05) is 36.4 Å². The fourth-order valence-corrected chi connectivity index (χ4v) is 2.76. The molecule has 3 rings (SSSR count). The summed E-state index contributed by atoms with van der Waals surface area (Å²) in [7, 11) is 0. The van der Waals surface area contributed by atoms with E-state index in [4.69, 9.17) is 33.6 Å². The second kappa shape index (κ2) is 10.7. The van der Waals surface area contributed by atoms with E-state index in [0.717, 1.165) is 10.2 Å². The van der Waals surface area contributed by atoms with Crippen LogP contribution in [0.3, 0.4) is 0 Å². The molecule has 0 unspecified atom stereocenters. The highest BCUT2D eigenvalue weighted by Crippen LogP contribution is 2.25. The van der Waals surface area contributed by atoms with E-state index in [1.165, 1.54) is 18.2 Å². The van der Waals surface area contributed by atoms with Gasteiger partial charge in [0.05, 0.1) is 40.3 Å². The summed E-state index contributed by atoms with van der Waals surface area (Å²) in [6.45, 7) is 0. The number of phenols is 2. The number of halogens is 1. The van der Waals surface area contributed by atoms with Crippen LogP contribution in [0.4, 0.5) is 17.1 Å². The second-order valence-corrected chi connectivity index (χ2v) is 7.05. The van der Waals surface area contributed by atoms with Crippen LogP contribution in [0, 0.1) is 22.7 Å². The minimum absolute atomic E-state index is 0.0275. The summed E-state index contributed by atoms with van der Waals surface area (Å²) < 4.78 is 0.883. The van der Waals surface area contributed by atoms with Crippen molar-refractivity contribution in [3.8, 4) is 23.6 Å². The van der Waals surface area contributed by atoms with Gasteiger partial charge in [-0.25, -0.2) is 0 Å². The number of para-hydroxylation sites is 1. The van der Waals surface area contributed by atoms with Crippen molar-refractivity contribution in [2.75, 3.05) is 16.4 Å². The van der Waals surface area contributed by atoms with Crippen LogP contribution in [0.1, 0.15) is 11.1 Å². The lowest BCUT2D eigenvalue weighted by molar-refractivity contribution is 0.477. The summed E-state index contributed by atoms with van der Waals surface area (Å²) >= 11 is 8.59. The van der Waals surface area contributed by atoms with Gasteiger partial charge in [-0.05, 0) is 76.7 Å². The normalized spacial score (nSPS) is 9.30. The topological polar surface area (TPSA) is 138 Å². The first-order chi connectivity index (χ1) is 14.3. The zero-order valence-electron chi connectivity index (χ0n) is 15.4. The third kappa shape index (κ3) is 6.38. The predicted molar refractivity (Wildman–Crippen MR) is 124 cm³/mol. The maximum Gasteiger partial charge on any atom is 0.175 e. The average molecular weight is 482 g/mol. The van der Waals surface area contributed by atoms with E-state index < -0.39 is 0 Å². The molecule has 0 bridgehead atoms. The Morgan fingerprint density at radius 3 is 2.00 bits per heavy atom. The number of nitriles is 2. The van der Waals surface area contributed by atoms with Crippen LogP contribution in [0.5, 0.6) is 11.5 Å². The Balaban J connectivity index is 0.000000269.